The van der Waals surface area contributed by atoms with Gasteiger partial charge in [0.15, 0.2) is 18.1 Å². The lowest BCUT2D eigenvalue weighted by molar-refractivity contribution is -0.385. The topological polar surface area (TPSA) is 160 Å². The number of carbonyl (C=O) groups excluding carboxylic acids is 2. The number of hydrogen-bond acceptors (Lipinski definition) is 9. The van der Waals surface area contributed by atoms with Crippen LogP contribution < -0.4 is 14.8 Å². The van der Waals surface area contributed by atoms with Gasteiger partial charge >= 0.3 is 12.1 Å². The third-order valence-electron chi connectivity index (χ3n) is 4.20. The summed E-state index contributed by atoms with van der Waals surface area (Å²) in [4.78, 5) is 44.4. The summed E-state index contributed by atoms with van der Waals surface area (Å²) in [7, 11) is 0. The minimum absolute atomic E-state index is 0.0279. The maximum absolute atomic E-state index is 13.2. The number of nitrogens with zero attached hydrogens (tertiary/aromatic N) is 2. The minimum Gasteiger partial charge on any atom is -0.486 e. The van der Waals surface area contributed by atoms with E-state index in [2.05, 4.69) is 0 Å². The highest BCUT2D eigenvalue weighted by Gasteiger charge is 2.36. The Kier molecular flexibility index (Phi) is 6.32. The highest BCUT2D eigenvalue weighted by atomic mass is 19.4. The number of rotatable bonds is 6. The molecule has 3 rings (SSSR count). The van der Waals surface area contributed by atoms with E-state index in [-0.39, 0.29) is 30.8 Å². The Morgan fingerprint density at radius 3 is 2.24 bits per heavy atom. The Hall–Kier alpha value is -4.43. The molecule has 1 heterocycles. The second kappa shape index (κ2) is 8.97. The lowest BCUT2D eigenvalue weighted by Crippen LogP contribution is -2.23. The fourth-order valence-corrected chi connectivity index (χ4v) is 2.78. The molecule has 2 aromatic carbocycles. The Morgan fingerprint density at radius 2 is 1.67 bits per heavy atom. The van der Waals surface area contributed by atoms with Gasteiger partial charge < -0.3 is 19.5 Å². The van der Waals surface area contributed by atoms with Crippen molar-refractivity contribution in [2.24, 2.45) is 0 Å². The summed E-state index contributed by atoms with van der Waals surface area (Å²) in [6.07, 6.45) is -5.03. The van der Waals surface area contributed by atoms with E-state index in [1.807, 2.05) is 5.32 Å². The van der Waals surface area contributed by atoms with Crippen molar-refractivity contribution in [3.63, 3.8) is 0 Å². The number of esters is 1. The molecule has 0 atom stereocenters. The smallest absolute Gasteiger partial charge is 0.418 e. The van der Waals surface area contributed by atoms with Crippen LogP contribution in [0.25, 0.3) is 0 Å². The summed E-state index contributed by atoms with van der Waals surface area (Å²) in [5.41, 5.74) is -4.40. The third kappa shape index (κ3) is 5.25. The summed E-state index contributed by atoms with van der Waals surface area (Å²) in [6.45, 7) is -0.839. The molecule has 1 aliphatic rings. The maximum atomic E-state index is 13.2. The molecule has 0 unspecified atom stereocenters. The molecule has 0 radical (unpaired) electrons. The fraction of sp³-hybridized carbons (Fsp3) is 0.222. The first-order valence-electron chi connectivity index (χ1n) is 8.88. The van der Waals surface area contributed by atoms with Crippen molar-refractivity contribution in [1.82, 2.24) is 0 Å². The molecular weight excluding hydrogens is 459 g/mol. The number of anilines is 1. The molecule has 0 bridgehead atoms. The average Bonchev–Trinajstić information content (AvgIpc) is 2.75. The van der Waals surface area contributed by atoms with Crippen molar-refractivity contribution in [2.75, 3.05) is 25.1 Å². The second-order valence-corrected chi connectivity index (χ2v) is 6.38. The molecule has 1 N–H and O–H groups in total. The van der Waals surface area contributed by atoms with E-state index in [9.17, 15) is 43.0 Å². The minimum atomic E-state index is -5.03. The van der Waals surface area contributed by atoms with Gasteiger partial charge in [0.05, 0.1) is 27.2 Å². The van der Waals surface area contributed by atoms with Crippen LogP contribution in [0.3, 0.4) is 0 Å². The molecular formula is C18H12F3N3O9. The van der Waals surface area contributed by atoms with Gasteiger partial charge in [-0.25, -0.2) is 4.79 Å². The first kappa shape index (κ1) is 23.2. The number of non-ortho nitro benzene ring substituents is 1. The lowest BCUT2D eigenvalue weighted by Gasteiger charge is -2.18. The van der Waals surface area contributed by atoms with Gasteiger partial charge in [-0.2, -0.15) is 13.2 Å². The van der Waals surface area contributed by atoms with Crippen LogP contribution in [0.1, 0.15) is 15.9 Å². The van der Waals surface area contributed by atoms with E-state index >= 15 is 0 Å². The van der Waals surface area contributed by atoms with E-state index in [4.69, 9.17) is 14.2 Å². The molecule has 0 saturated heterocycles. The van der Waals surface area contributed by atoms with Gasteiger partial charge in [-0.05, 0) is 6.07 Å². The number of fused-ring (bicyclic) bond motifs is 1. The van der Waals surface area contributed by atoms with Gasteiger partial charge in [0.2, 0.25) is 0 Å². The van der Waals surface area contributed by atoms with Crippen LogP contribution in [0.5, 0.6) is 11.5 Å². The normalized spacial score (nSPS) is 12.6. The number of nitro benzene ring substituents is 2. The Bertz CT molecular complexity index is 1150. The van der Waals surface area contributed by atoms with Crippen molar-refractivity contribution in [2.45, 2.75) is 6.18 Å². The third-order valence-corrected chi connectivity index (χ3v) is 4.20. The van der Waals surface area contributed by atoms with Crippen LogP contribution in [-0.4, -0.2) is 41.5 Å². The molecule has 1 amide bonds. The zero-order chi connectivity index (χ0) is 24.3. The summed E-state index contributed by atoms with van der Waals surface area (Å²) in [5, 5.41) is 23.8. The summed E-state index contributed by atoms with van der Waals surface area (Å²) in [6, 6.07) is 3.59. The highest BCUT2D eigenvalue weighted by molar-refractivity contribution is 5.98. The molecule has 174 valence electrons. The van der Waals surface area contributed by atoms with Crippen molar-refractivity contribution in [3.05, 3.63) is 61.7 Å². The number of ether oxygens (including phenoxy) is 3. The summed E-state index contributed by atoms with van der Waals surface area (Å²) >= 11 is 0. The zero-order valence-corrected chi connectivity index (χ0v) is 16.2. The fourth-order valence-electron chi connectivity index (χ4n) is 2.78. The predicted molar refractivity (Wildman–Crippen MR) is 101 cm³/mol. The monoisotopic (exact) mass is 471 g/mol. The number of nitrogens with one attached hydrogen (secondary N) is 1. The Balaban J connectivity index is 1.75. The van der Waals surface area contributed by atoms with Gasteiger partial charge in [0, 0.05) is 18.2 Å². The van der Waals surface area contributed by atoms with Crippen molar-refractivity contribution in [1.29, 1.82) is 0 Å². The molecule has 0 fully saturated rings. The number of amides is 1. The van der Waals surface area contributed by atoms with E-state index in [1.165, 1.54) is 0 Å². The van der Waals surface area contributed by atoms with Crippen LogP contribution in [0.4, 0.5) is 30.2 Å². The van der Waals surface area contributed by atoms with Gasteiger partial charge in [0.1, 0.15) is 18.8 Å². The first-order chi connectivity index (χ1) is 15.5. The molecule has 0 spiro atoms. The number of benzene rings is 2. The zero-order valence-electron chi connectivity index (χ0n) is 16.2. The predicted octanol–water partition coefficient (Wildman–Crippen LogP) is 3.09. The van der Waals surface area contributed by atoms with Gasteiger partial charge in [-0.3, -0.25) is 25.0 Å². The Labute approximate surface area is 181 Å². The van der Waals surface area contributed by atoms with Gasteiger partial charge in [-0.15, -0.1) is 0 Å². The molecule has 12 nitrogen and oxygen atoms in total. The highest BCUT2D eigenvalue weighted by Crippen LogP contribution is 2.38. The molecule has 0 saturated carbocycles. The van der Waals surface area contributed by atoms with Crippen molar-refractivity contribution >= 4 is 28.9 Å². The van der Waals surface area contributed by atoms with E-state index in [0.717, 1.165) is 18.2 Å². The number of halogens is 3. The van der Waals surface area contributed by atoms with E-state index in [0.29, 0.717) is 6.07 Å². The van der Waals surface area contributed by atoms with Crippen LogP contribution in [0.2, 0.25) is 0 Å². The van der Waals surface area contributed by atoms with Crippen LogP contribution >= 0.6 is 0 Å². The standard InChI is InChI=1S/C18H12F3N3O9/c19-18(20,21)11-5-9(23(27)28)1-2-12(11)22-16(25)8-33-17(26)10-6-14-15(32-4-3-31-14)7-13(10)24(29)30/h1-2,5-7H,3-4,8H2,(H,22,25). The lowest BCUT2D eigenvalue weighted by atomic mass is 10.1. The van der Waals surface area contributed by atoms with Crippen LogP contribution in [0, 0.1) is 20.2 Å². The number of alkyl halides is 3. The summed E-state index contributed by atoms with van der Waals surface area (Å²) < 4.78 is 54.7. The molecule has 1 aliphatic heterocycles. The maximum Gasteiger partial charge on any atom is 0.418 e. The Morgan fingerprint density at radius 1 is 1.03 bits per heavy atom. The van der Waals surface area contributed by atoms with E-state index in [1.54, 1.807) is 0 Å². The molecule has 2 aromatic rings. The number of carbonyl (C=O) groups is 2. The van der Waals surface area contributed by atoms with Gasteiger partial charge in [-0.1, -0.05) is 0 Å². The van der Waals surface area contributed by atoms with E-state index < -0.39 is 62.7 Å². The largest absolute Gasteiger partial charge is 0.486 e. The molecule has 0 aliphatic carbocycles. The van der Waals surface area contributed by atoms with Crippen LogP contribution in [-0.2, 0) is 15.7 Å². The van der Waals surface area contributed by atoms with Crippen molar-refractivity contribution in [3.8, 4) is 11.5 Å². The first-order valence-corrected chi connectivity index (χ1v) is 8.88. The molecule has 0 aromatic heterocycles. The van der Waals surface area contributed by atoms with Crippen molar-refractivity contribution < 1.29 is 46.8 Å². The SMILES string of the molecule is O=C(COC(=O)c1cc2c(cc1[N+](=O)[O-])OCCO2)Nc1ccc([N+](=O)[O-])cc1C(F)(F)F. The van der Waals surface area contributed by atoms with Crippen LogP contribution in [0.15, 0.2) is 30.3 Å². The average molecular weight is 471 g/mol. The number of hydrogen-bond donors (Lipinski definition) is 1. The number of nitro groups is 2. The second-order valence-electron chi connectivity index (χ2n) is 6.38. The quantitative estimate of drug-likeness (QED) is 0.379. The summed E-state index contributed by atoms with van der Waals surface area (Å²) in [5.74, 6) is -2.47. The molecule has 33 heavy (non-hydrogen) atoms. The molecule has 15 heteroatoms. The van der Waals surface area contributed by atoms with Gasteiger partial charge in [0.25, 0.3) is 17.3 Å².